The van der Waals surface area contributed by atoms with Crippen molar-refractivity contribution in [1.29, 1.82) is 0 Å². The van der Waals surface area contributed by atoms with Crippen molar-refractivity contribution in [3.05, 3.63) is 35.9 Å². The number of ether oxygens (including phenoxy) is 1. The Hall–Kier alpha value is -2.04. The van der Waals surface area contributed by atoms with Crippen molar-refractivity contribution in [3.8, 4) is 0 Å². The summed E-state index contributed by atoms with van der Waals surface area (Å²) in [5.74, 6) is 0.470. The van der Waals surface area contributed by atoms with Crippen LogP contribution in [0.2, 0.25) is 0 Å². The van der Waals surface area contributed by atoms with Gasteiger partial charge in [-0.25, -0.2) is 4.79 Å². The van der Waals surface area contributed by atoms with Crippen LogP contribution in [0.5, 0.6) is 0 Å². The van der Waals surface area contributed by atoms with Gasteiger partial charge < -0.3 is 15.0 Å². The highest BCUT2D eigenvalue weighted by molar-refractivity contribution is 5.86. The largest absolute Gasteiger partial charge is 0.444 e. The van der Waals surface area contributed by atoms with E-state index in [1.54, 1.807) is 0 Å². The fraction of sp³-hybridized carbons (Fsp3) is 0.600. The smallest absolute Gasteiger partial charge is 0.408 e. The molecule has 2 rings (SSSR count). The Morgan fingerprint density at radius 1 is 1.28 bits per heavy atom. The lowest BCUT2D eigenvalue weighted by Crippen LogP contribution is -2.52. The van der Waals surface area contributed by atoms with E-state index in [0.717, 1.165) is 31.5 Å². The van der Waals surface area contributed by atoms with Gasteiger partial charge in [0.05, 0.1) is 0 Å². The third kappa shape index (κ3) is 6.40. The average Bonchev–Trinajstić information content (AvgIpc) is 2.53. The molecule has 1 aromatic carbocycles. The minimum Gasteiger partial charge on any atom is -0.444 e. The van der Waals surface area contributed by atoms with Gasteiger partial charge in [0.15, 0.2) is 0 Å². The van der Waals surface area contributed by atoms with Gasteiger partial charge in [0.25, 0.3) is 0 Å². The van der Waals surface area contributed by atoms with E-state index in [2.05, 4.69) is 12.2 Å². The molecule has 1 saturated heterocycles. The van der Waals surface area contributed by atoms with E-state index in [4.69, 9.17) is 4.74 Å². The maximum absolute atomic E-state index is 13.0. The van der Waals surface area contributed by atoms with Gasteiger partial charge in [-0.05, 0) is 45.1 Å². The normalized spacial score (nSPS) is 19.2. The van der Waals surface area contributed by atoms with Gasteiger partial charge in [-0.3, -0.25) is 4.79 Å². The monoisotopic (exact) mass is 346 g/mol. The average molecular weight is 346 g/mol. The lowest BCUT2D eigenvalue weighted by molar-refractivity contribution is -0.135. The Balaban J connectivity index is 2.10. The minimum absolute atomic E-state index is 0.0266. The molecule has 138 valence electrons. The lowest BCUT2D eigenvalue weighted by atomic mass is 9.98. The zero-order valence-electron chi connectivity index (χ0n) is 15.7. The van der Waals surface area contributed by atoms with Crippen molar-refractivity contribution in [2.24, 2.45) is 5.92 Å². The molecule has 0 radical (unpaired) electrons. The molecule has 1 aliphatic heterocycles. The molecule has 0 aromatic heterocycles. The number of rotatable bonds is 4. The number of carbonyl (C=O) groups excluding carboxylic acids is 2. The molecule has 2 amide bonds. The Morgan fingerprint density at radius 2 is 1.96 bits per heavy atom. The number of alkyl carbamates (subject to hydrolysis) is 1. The van der Waals surface area contributed by atoms with Crippen LogP contribution in [0.1, 0.15) is 46.1 Å². The molecular formula is C20H30N2O3. The first kappa shape index (κ1) is 19.3. The Bertz CT molecular complexity index is 580. The van der Waals surface area contributed by atoms with Crippen LogP contribution in [0.3, 0.4) is 0 Å². The summed E-state index contributed by atoms with van der Waals surface area (Å²) < 4.78 is 5.34. The number of hydrogen-bond donors (Lipinski definition) is 1. The van der Waals surface area contributed by atoms with Crippen LogP contribution in [0.4, 0.5) is 4.79 Å². The van der Waals surface area contributed by atoms with Crippen LogP contribution < -0.4 is 5.32 Å². The topological polar surface area (TPSA) is 58.6 Å². The second-order valence-electron chi connectivity index (χ2n) is 7.92. The van der Waals surface area contributed by atoms with Crippen LogP contribution in [0, 0.1) is 5.92 Å². The second kappa shape index (κ2) is 8.37. The molecule has 1 heterocycles. The number of piperidine rings is 1. The summed E-state index contributed by atoms with van der Waals surface area (Å²) >= 11 is 0. The molecule has 0 spiro atoms. The fourth-order valence-electron chi connectivity index (χ4n) is 3.11. The molecule has 5 nitrogen and oxygen atoms in total. The molecular weight excluding hydrogens is 316 g/mol. The highest BCUT2D eigenvalue weighted by atomic mass is 16.6. The van der Waals surface area contributed by atoms with Crippen LogP contribution in [-0.2, 0) is 16.0 Å². The number of likely N-dealkylation sites (tertiary alicyclic amines) is 1. The Labute approximate surface area is 150 Å². The van der Waals surface area contributed by atoms with E-state index < -0.39 is 17.7 Å². The van der Waals surface area contributed by atoms with Crippen molar-refractivity contribution < 1.29 is 14.3 Å². The minimum atomic E-state index is -0.609. The van der Waals surface area contributed by atoms with E-state index in [0.29, 0.717) is 12.3 Å². The molecule has 2 atom stereocenters. The number of nitrogens with zero attached hydrogens (tertiary/aromatic N) is 1. The molecule has 1 N–H and O–H groups in total. The number of carbonyl (C=O) groups is 2. The van der Waals surface area contributed by atoms with Crippen LogP contribution in [-0.4, -0.2) is 41.6 Å². The summed E-state index contributed by atoms with van der Waals surface area (Å²) in [4.78, 5) is 27.1. The number of benzene rings is 1. The van der Waals surface area contributed by atoms with Gasteiger partial charge >= 0.3 is 6.09 Å². The first-order chi connectivity index (χ1) is 11.7. The molecule has 5 heteroatoms. The van der Waals surface area contributed by atoms with Gasteiger partial charge in [-0.1, -0.05) is 37.3 Å². The van der Waals surface area contributed by atoms with Crippen LogP contribution in [0.15, 0.2) is 30.3 Å². The lowest BCUT2D eigenvalue weighted by Gasteiger charge is -2.34. The molecule has 1 fully saturated rings. The predicted octanol–water partition coefficient (Wildman–Crippen LogP) is 3.38. The number of hydrogen-bond acceptors (Lipinski definition) is 3. The summed E-state index contributed by atoms with van der Waals surface area (Å²) in [7, 11) is 0. The van der Waals surface area contributed by atoms with E-state index in [1.807, 2.05) is 56.0 Å². The summed E-state index contributed by atoms with van der Waals surface area (Å²) in [6.45, 7) is 9.10. The predicted molar refractivity (Wildman–Crippen MR) is 98.3 cm³/mol. The van der Waals surface area contributed by atoms with E-state index in [9.17, 15) is 9.59 Å². The van der Waals surface area contributed by atoms with Crippen LogP contribution in [0.25, 0.3) is 0 Å². The molecule has 2 unspecified atom stereocenters. The first-order valence-electron chi connectivity index (χ1n) is 9.07. The number of nitrogens with one attached hydrogen (secondary N) is 1. The summed E-state index contributed by atoms with van der Waals surface area (Å²) in [6.07, 6.45) is 2.07. The summed E-state index contributed by atoms with van der Waals surface area (Å²) in [6, 6.07) is 9.14. The maximum Gasteiger partial charge on any atom is 0.408 e. The Kier molecular flexibility index (Phi) is 6.45. The standard InChI is InChI=1S/C20H30N2O3/c1-15-9-8-12-22(14-15)18(23)17(13-16-10-6-5-7-11-16)21-19(24)25-20(2,3)4/h5-7,10-11,15,17H,8-9,12-14H2,1-4H3,(H,21,24). The van der Waals surface area contributed by atoms with Gasteiger partial charge in [0.1, 0.15) is 11.6 Å². The Morgan fingerprint density at radius 3 is 2.56 bits per heavy atom. The van der Waals surface area contributed by atoms with Crippen molar-refractivity contribution >= 4 is 12.0 Å². The zero-order valence-corrected chi connectivity index (χ0v) is 15.7. The highest BCUT2D eigenvalue weighted by Crippen LogP contribution is 2.17. The third-order valence-electron chi connectivity index (χ3n) is 4.24. The van der Waals surface area contributed by atoms with Crippen molar-refractivity contribution in [2.45, 2.75) is 58.6 Å². The van der Waals surface area contributed by atoms with E-state index in [1.165, 1.54) is 0 Å². The molecule has 0 bridgehead atoms. The second-order valence-corrected chi connectivity index (χ2v) is 7.92. The van der Waals surface area contributed by atoms with Crippen molar-refractivity contribution in [3.63, 3.8) is 0 Å². The highest BCUT2D eigenvalue weighted by Gasteiger charge is 2.30. The van der Waals surface area contributed by atoms with Gasteiger partial charge in [-0.15, -0.1) is 0 Å². The first-order valence-corrected chi connectivity index (χ1v) is 9.07. The zero-order chi connectivity index (χ0) is 18.4. The van der Waals surface area contributed by atoms with Crippen molar-refractivity contribution in [2.75, 3.05) is 13.1 Å². The van der Waals surface area contributed by atoms with E-state index in [-0.39, 0.29) is 5.91 Å². The molecule has 1 aliphatic rings. The molecule has 1 aromatic rings. The quantitative estimate of drug-likeness (QED) is 0.909. The SMILES string of the molecule is CC1CCCN(C(=O)C(Cc2ccccc2)NC(=O)OC(C)(C)C)C1. The number of amides is 2. The van der Waals surface area contributed by atoms with Gasteiger partial charge in [0.2, 0.25) is 5.91 Å². The maximum atomic E-state index is 13.0. The summed E-state index contributed by atoms with van der Waals surface area (Å²) in [5.41, 5.74) is 0.423. The van der Waals surface area contributed by atoms with E-state index >= 15 is 0 Å². The van der Waals surface area contributed by atoms with Gasteiger partial charge in [-0.2, -0.15) is 0 Å². The molecule has 0 aliphatic carbocycles. The van der Waals surface area contributed by atoms with Gasteiger partial charge in [0, 0.05) is 19.5 Å². The van der Waals surface area contributed by atoms with Crippen molar-refractivity contribution in [1.82, 2.24) is 10.2 Å². The molecule has 0 saturated carbocycles. The van der Waals surface area contributed by atoms with Crippen LogP contribution >= 0.6 is 0 Å². The summed E-state index contributed by atoms with van der Waals surface area (Å²) in [5, 5.41) is 2.78. The fourth-order valence-corrected chi connectivity index (χ4v) is 3.11. The third-order valence-corrected chi connectivity index (χ3v) is 4.24. The molecule has 25 heavy (non-hydrogen) atoms.